The molecule has 0 atom stereocenters. The summed E-state index contributed by atoms with van der Waals surface area (Å²) in [5.41, 5.74) is 2.01. The van der Waals surface area contributed by atoms with E-state index in [1.807, 2.05) is 0 Å². The van der Waals surface area contributed by atoms with Gasteiger partial charge in [-0.1, -0.05) is 48.5 Å². The molecule has 0 radical (unpaired) electrons. The van der Waals surface area contributed by atoms with E-state index in [4.69, 9.17) is 0 Å². The molecule has 1 N–H and O–H groups in total. The Kier molecular flexibility index (Phi) is 7.17. The Balaban J connectivity index is 1.84. The molecule has 1 amide bonds. The van der Waals surface area contributed by atoms with Gasteiger partial charge >= 0.3 is 6.18 Å². The number of aryl methyl sites for hydroxylation is 1. The summed E-state index contributed by atoms with van der Waals surface area (Å²) in [6, 6.07) is 18.9. The number of carbonyl (C=O) groups excluding carboxylic acids is 1. The van der Waals surface area contributed by atoms with Gasteiger partial charge in [-0.15, -0.1) is 0 Å². The average Bonchev–Trinajstić information content (AvgIpc) is 2.77. The first-order valence-electron chi connectivity index (χ1n) is 9.71. The van der Waals surface area contributed by atoms with Crippen LogP contribution in [0, 0.1) is 6.92 Å². The van der Waals surface area contributed by atoms with Gasteiger partial charge in [0.05, 0.1) is 22.4 Å². The first-order valence-corrected chi connectivity index (χ1v) is 11.2. The van der Waals surface area contributed by atoms with E-state index in [1.54, 1.807) is 49.4 Å². The number of benzene rings is 3. The second-order valence-corrected chi connectivity index (χ2v) is 8.90. The standard InChI is InChI=1S/C23H20F3N3O3S/c1-17-8-7-10-19(14-17)29(33(31,32)20-11-3-2-4-12-20)16-22(30)28-27-15-18-9-5-6-13-21(18)23(24,25)26/h2-15H,16H2,1H3,(H,28,30)/b27-15-. The Morgan fingerprint density at radius 1 is 1.00 bits per heavy atom. The van der Waals surface area contributed by atoms with Crippen LogP contribution in [-0.2, 0) is 21.0 Å². The molecular formula is C23H20F3N3O3S. The van der Waals surface area contributed by atoms with Crippen molar-refractivity contribution in [3.05, 3.63) is 95.6 Å². The fourth-order valence-electron chi connectivity index (χ4n) is 3.03. The quantitative estimate of drug-likeness (QED) is 0.407. The van der Waals surface area contributed by atoms with Gasteiger partial charge in [0.15, 0.2) is 0 Å². The summed E-state index contributed by atoms with van der Waals surface area (Å²) in [6.45, 7) is 1.15. The van der Waals surface area contributed by atoms with E-state index in [9.17, 15) is 26.4 Å². The summed E-state index contributed by atoms with van der Waals surface area (Å²) in [7, 11) is -4.10. The summed E-state index contributed by atoms with van der Waals surface area (Å²) in [4.78, 5) is 12.5. The highest BCUT2D eigenvalue weighted by molar-refractivity contribution is 7.92. The van der Waals surface area contributed by atoms with Gasteiger partial charge in [-0.2, -0.15) is 18.3 Å². The molecule has 3 rings (SSSR count). The van der Waals surface area contributed by atoms with Crippen LogP contribution in [0.2, 0.25) is 0 Å². The van der Waals surface area contributed by atoms with E-state index in [0.29, 0.717) is 0 Å². The van der Waals surface area contributed by atoms with Gasteiger partial charge in [0.2, 0.25) is 0 Å². The van der Waals surface area contributed by atoms with Crippen LogP contribution in [0.3, 0.4) is 0 Å². The molecule has 0 fully saturated rings. The maximum absolute atomic E-state index is 13.2. The number of hydrogen-bond donors (Lipinski definition) is 1. The van der Waals surface area contributed by atoms with E-state index in [0.717, 1.165) is 22.1 Å². The Morgan fingerprint density at radius 2 is 1.67 bits per heavy atom. The first kappa shape index (κ1) is 24.0. The third-order valence-electron chi connectivity index (χ3n) is 4.57. The number of hydrogen-bond acceptors (Lipinski definition) is 4. The molecule has 0 unspecified atom stereocenters. The maximum atomic E-state index is 13.2. The molecule has 0 aliphatic heterocycles. The normalized spacial score (nSPS) is 12.0. The Labute approximate surface area is 189 Å². The van der Waals surface area contributed by atoms with E-state index in [-0.39, 0.29) is 16.1 Å². The maximum Gasteiger partial charge on any atom is 0.417 e. The van der Waals surface area contributed by atoms with Gasteiger partial charge in [0.25, 0.3) is 15.9 Å². The van der Waals surface area contributed by atoms with E-state index >= 15 is 0 Å². The van der Waals surface area contributed by atoms with Gasteiger partial charge < -0.3 is 0 Å². The summed E-state index contributed by atoms with van der Waals surface area (Å²) < 4.78 is 66.6. The van der Waals surface area contributed by atoms with Crippen LogP contribution in [0.25, 0.3) is 0 Å². The number of carbonyl (C=O) groups is 1. The predicted molar refractivity (Wildman–Crippen MR) is 119 cm³/mol. The number of nitrogens with zero attached hydrogens (tertiary/aromatic N) is 2. The molecule has 3 aromatic rings. The number of amides is 1. The molecule has 0 aliphatic rings. The molecule has 6 nitrogen and oxygen atoms in total. The molecule has 3 aromatic carbocycles. The lowest BCUT2D eigenvalue weighted by atomic mass is 10.1. The smallest absolute Gasteiger partial charge is 0.271 e. The summed E-state index contributed by atoms with van der Waals surface area (Å²) in [6.07, 6.45) is -3.72. The van der Waals surface area contributed by atoms with Crippen LogP contribution in [0.15, 0.2) is 88.9 Å². The minimum absolute atomic E-state index is 0.0121. The van der Waals surface area contributed by atoms with E-state index in [1.165, 1.54) is 30.3 Å². The second-order valence-electron chi connectivity index (χ2n) is 7.04. The first-order chi connectivity index (χ1) is 15.6. The highest BCUT2D eigenvalue weighted by Gasteiger charge is 2.32. The Bertz CT molecular complexity index is 1260. The molecule has 0 aromatic heterocycles. The molecule has 0 spiro atoms. The van der Waals surface area contributed by atoms with E-state index in [2.05, 4.69) is 10.5 Å². The minimum Gasteiger partial charge on any atom is -0.271 e. The zero-order valence-corrected chi connectivity index (χ0v) is 18.3. The van der Waals surface area contributed by atoms with Gasteiger partial charge in [0.1, 0.15) is 6.54 Å². The van der Waals surface area contributed by atoms with Gasteiger partial charge in [-0.3, -0.25) is 9.10 Å². The third-order valence-corrected chi connectivity index (χ3v) is 6.36. The van der Waals surface area contributed by atoms with Crippen LogP contribution in [0.4, 0.5) is 18.9 Å². The molecule has 0 aliphatic carbocycles. The number of nitrogens with one attached hydrogen (secondary N) is 1. The number of anilines is 1. The van der Waals surface area contributed by atoms with Crippen LogP contribution in [-0.4, -0.2) is 27.1 Å². The molecule has 10 heteroatoms. The second kappa shape index (κ2) is 9.86. The predicted octanol–water partition coefficient (Wildman–Crippen LogP) is 4.36. The van der Waals surface area contributed by atoms with Crippen LogP contribution in [0.1, 0.15) is 16.7 Å². The SMILES string of the molecule is Cc1cccc(N(CC(=O)N/N=C\c2ccccc2C(F)(F)F)S(=O)(=O)c2ccccc2)c1. The Hall–Kier alpha value is -3.66. The van der Waals surface area contributed by atoms with Crippen LogP contribution in [0.5, 0.6) is 0 Å². The van der Waals surface area contributed by atoms with Crippen molar-refractivity contribution in [2.45, 2.75) is 18.0 Å². The van der Waals surface area contributed by atoms with Crippen LogP contribution >= 0.6 is 0 Å². The van der Waals surface area contributed by atoms with Gasteiger partial charge in [0, 0.05) is 5.56 Å². The molecule has 0 heterocycles. The highest BCUT2D eigenvalue weighted by atomic mass is 32.2. The average molecular weight is 475 g/mol. The molecular weight excluding hydrogens is 455 g/mol. The van der Waals surface area contributed by atoms with Crippen molar-refractivity contribution >= 4 is 27.8 Å². The number of alkyl halides is 3. The zero-order valence-electron chi connectivity index (χ0n) is 17.5. The number of hydrazone groups is 1. The van der Waals surface area contributed by atoms with Crippen LogP contribution < -0.4 is 9.73 Å². The summed E-state index contributed by atoms with van der Waals surface area (Å²) in [5, 5.41) is 3.59. The molecule has 33 heavy (non-hydrogen) atoms. The van der Waals surface area contributed by atoms with Crippen molar-refractivity contribution in [1.82, 2.24) is 5.43 Å². The summed E-state index contributed by atoms with van der Waals surface area (Å²) in [5.74, 6) is -0.822. The fourth-order valence-corrected chi connectivity index (χ4v) is 4.46. The van der Waals surface area contributed by atoms with Crippen molar-refractivity contribution in [1.29, 1.82) is 0 Å². The van der Waals surface area contributed by atoms with E-state index < -0.39 is 34.2 Å². The van der Waals surface area contributed by atoms with Crippen molar-refractivity contribution in [2.24, 2.45) is 5.10 Å². The van der Waals surface area contributed by atoms with Gasteiger partial charge in [-0.25, -0.2) is 13.8 Å². The third kappa shape index (κ3) is 5.98. The Morgan fingerprint density at radius 3 is 2.33 bits per heavy atom. The van der Waals surface area contributed by atoms with Gasteiger partial charge in [-0.05, 0) is 42.8 Å². The number of sulfonamides is 1. The fraction of sp³-hybridized carbons (Fsp3) is 0.130. The van der Waals surface area contributed by atoms with Crippen molar-refractivity contribution in [3.63, 3.8) is 0 Å². The zero-order chi connectivity index (χ0) is 24.1. The molecule has 0 saturated carbocycles. The molecule has 0 saturated heterocycles. The number of halogens is 3. The lowest BCUT2D eigenvalue weighted by Crippen LogP contribution is -2.39. The number of rotatable bonds is 7. The highest BCUT2D eigenvalue weighted by Crippen LogP contribution is 2.31. The minimum atomic E-state index is -4.58. The lowest BCUT2D eigenvalue weighted by molar-refractivity contribution is -0.137. The molecule has 172 valence electrons. The largest absolute Gasteiger partial charge is 0.417 e. The van der Waals surface area contributed by atoms with Crippen molar-refractivity contribution < 1.29 is 26.4 Å². The summed E-state index contributed by atoms with van der Waals surface area (Å²) >= 11 is 0. The van der Waals surface area contributed by atoms with Crippen molar-refractivity contribution in [3.8, 4) is 0 Å². The van der Waals surface area contributed by atoms with Crippen molar-refractivity contribution in [2.75, 3.05) is 10.8 Å². The topological polar surface area (TPSA) is 78.8 Å². The molecule has 0 bridgehead atoms. The monoisotopic (exact) mass is 475 g/mol. The lowest BCUT2D eigenvalue weighted by Gasteiger charge is -2.24.